The first-order valence-electron chi connectivity index (χ1n) is 6.38. The Morgan fingerprint density at radius 3 is 2.68 bits per heavy atom. The smallest absolute Gasteiger partial charge is 0.277 e. The number of nitrogens with zero attached hydrogens (tertiary/aromatic N) is 2. The van der Waals surface area contributed by atoms with Crippen LogP contribution in [0.1, 0.15) is 11.1 Å². The molecule has 2 aromatic carbocycles. The third-order valence-electron chi connectivity index (χ3n) is 2.65. The Morgan fingerprint density at radius 1 is 1.27 bits per heavy atom. The fraction of sp³-hybridized carbons (Fsp3) is 0.0625. The molecular weight excluding hydrogens is 302 g/mol. The van der Waals surface area contributed by atoms with Crippen molar-refractivity contribution in [2.45, 2.75) is 0 Å². The molecule has 0 spiro atoms. The number of hydrogen-bond acceptors (Lipinski definition) is 4. The highest BCUT2D eigenvalue weighted by atomic mass is 35.5. The van der Waals surface area contributed by atoms with Gasteiger partial charge in [-0.3, -0.25) is 4.79 Å². The number of benzene rings is 2. The van der Waals surface area contributed by atoms with Gasteiger partial charge in [-0.1, -0.05) is 29.8 Å². The van der Waals surface area contributed by atoms with Crippen molar-refractivity contribution in [3.63, 3.8) is 0 Å². The van der Waals surface area contributed by atoms with E-state index < -0.39 is 5.91 Å². The molecule has 6 heteroatoms. The van der Waals surface area contributed by atoms with Crippen LogP contribution < -0.4 is 10.2 Å². The first-order valence-corrected chi connectivity index (χ1v) is 6.76. The van der Waals surface area contributed by atoms with Gasteiger partial charge in [0, 0.05) is 10.6 Å². The van der Waals surface area contributed by atoms with Crippen molar-refractivity contribution in [3.8, 4) is 11.8 Å². The molecule has 0 aromatic heterocycles. The number of carbonyl (C=O) groups is 1. The highest BCUT2D eigenvalue weighted by Gasteiger charge is 2.02. The summed E-state index contributed by atoms with van der Waals surface area (Å²) in [5, 5.41) is 13.0. The van der Waals surface area contributed by atoms with Gasteiger partial charge in [-0.2, -0.15) is 10.4 Å². The highest BCUT2D eigenvalue weighted by molar-refractivity contribution is 6.33. The van der Waals surface area contributed by atoms with Gasteiger partial charge in [0.1, 0.15) is 5.75 Å². The summed E-state index contributed by atoms with van der Waals surface area (Å²) in [7, 11) is 0. The lowest BCUT2D eigenvalue weighted by atomic mass is 10.2. The summed E-state index contributed by atoms with van der Waals surface area (Å²) < 4.78 is 5.27. The number of amides is 1. The average molecular weight is 314 g/mol. The van der Waals surface area contributed by atoms with E-state index in [1.165, 1.54) is 6.21 Å². The minimum atomic E-state index is -0.396. The van der Waals surface area contributed by atoms with Gasteiger partial charge in [-0.15, -0.1) is 0 Å². The molecule has 0 aliphatic heterocycles. The fourth-order valence-electron chi connectivity index (χ4n) is 1.56. The maximum Gasteiger partial charge on any atom is 0.277 e. The van der Waals surface area contributed by atoms with Gasteiger partial charge >= 0.3 is 0 Å². The summed E-state index contributed by atoms with van der Waals surface area (Å²) in [6.45, 7) is -0.175. The van der Waals surface area contributed by atoms with Crippen molar-refractivity contribution < 1.29 is 9.53 Å². The molecule has 5 nitrogen and oxygen atoms in total. The van der Waals surface area contributed by atoms with Crippen LogP contribution in [0.4, 0.5) is 0 Å². The van der Waals surface area contributed by atoms with Gasteiger partial charge in [0.2, 0.25) is 0 Å². The third kappa shape index (κ3) is 4.62. The van der Waals surface area contributed by atoms with Gasteiger partial charge in [-0.05, 0) is 30.3 Å². The van der Waals surface area contributed by atoms with Crippen LogP contribution in [-0.2, 0) is 4.79 Å². The molecule has 0 atom stereocenters. The van der Waals surface area contributed by atoms with Crippen LogP contribution in [0.5, 0.6) is 5.75 Å². The zero-order valence-corrected chi connectivity index (χ0v) is 12.2. The number of rotatable bonds is 5. The summed E-state index contributed by atoms with van der Waals surface area (Å²) in [6, 6.07) is 15.6. The highest BCUT2D eigenvalue weighted by Crippen LogP contribution is 2.12. The van der Waals surface area contributed by atoms with E-state index in [4.69, 9.17) is 21.6 Å². The molecule has 0 unspecified atom stereocenters. The Kier molecular flexibility index (Phi) is 5.52. The van der Waals surface area contributed by atoms with E-state index in [1.54, 1.807) is 36.4 Å². The molecule has 0 heterocycles. The van der Waals surface area contributed by atoms with E-state index in [2.05, 4.69) is 10.5 Å². The predicted octanol–water partition coefficient (Wildman–Crippen LogP) is 2.74. The second kappa shape index (κ2) is 7.81. The minimum Gasteiger partial charge on any atom is -0.484 e. The van der Waals surface area contributed by atoms with Gasteiger partial charge in [0.15, 0.2) is 6.61 Å². The van der Waals surface area contributed by atoms with Gasteiger partial charge in [0.05, 0.1) is 17.8 Å². The number of halogens is 1. The molecule has 0 saturated heterocycles. The molecule has 1 N–H and O–H groups in total. The molecule has 0 saturated carbocycles. The van der Waals surface area contributed by atoms with Gasteiger partial charge in [0.25, 0.3) is 5.91 Å². The van der Waals surface area contributed by atoms with Crippen molar-refractivity contribution in [1.82, 2.24) is 5.43 Å². The zero-order chi connectivity index (χ0) is 15.8. The molecule has 0 aliphatic carbocycles. The minimum absolute atomic E-state index is 0.175. The first-order chi connectivity index (χ1) is 10.7. The number of ether oxygens (including phenoxy) is 1. The molecule has 2 rings (SSSR count). The molecule has 0 aliphatic rings. The predicted molar refractivity (Wildman–Crippen MR) is 83.8 cm³/mol. The Hall–Kier alpha value is -2.84. The number of hydrazone groups is 1. The van der Waals surface area contributed by atoms with E-state index in [1.807, 2.05) is 18.2 Å². The van der Waals surface area contributed by atoms with Crippen LogP contribution in [-0.4, -0.2) is 18.7 Å². The molecule has 110 valence electrons. The second-order valence-corrected chi connectivity index (χ2v) is 4.65. The van der Waals surface area contributed by atoms with Gasteiger partial charge in [-0.25, -0.2) is 5.43 Å². The molecule has 2 aromatic rings. The number of hydrogen-bond donors (Lipinski definition) is 1. The number of nitrogens with one attached hydrogen (secondary N) is 1. The summed E-state index contributed by atoms with van der Waals surface area (Å²) >= 11 is 5.95. The van der Waals surface area contributed by atoms with Crippen molar-refractivity contribution >= 4 is 23.7 Å². The molecular formula is C16H12ClN3O2. The number of carbonyl (C=O) groups excluding carboxylic acids is 1. The summed E-state index contributed by atoms with van der Waals surface area (Å²) in [5.74, 6) is 0.108. The maximum absolute atomic E-state index is 11.6. The first kappa shape index (κ1) is 15.5. The van der Waals surface area contributed by atoms with Crippen LogP contribution in [0, 0.1) is 11.3 Å². The lowest BCUT2D eigenvalue weighted by Gasteiger charge is -2.04. The molecule has 0 bridgehead atoms. The van der Waals surface area contributed by atoms with Crippen LogP contribution in [0.3, 0.4) is 0 Å². The van der Waals surface area contributed by atoms with Gasteiger partial charge < -0.3 is 4.74 Å². The molecule has 0 radical (unpaired) electrons. The number of nitriles is 1. The van der Waals surface area contributed by atoms with E-state index >= 15 is 0 Å². The lowest BCUT2D eigenvalue weighted by Crippen LogP contribution is -2.24. The lowest BCUT2D eigenvalue weighted by molar-refractivity contribution is -0.123. The molecule has 1 amide bonds. The summed E-state index contributed by atoms with van der Waals surface area (Å²) in [5.41, 5.74) is 3.58. The SMILES string of the molecule is N#Cc1ccc(OCC(=O)N/N=C\c2ccccc2Cl)cc1. The topological polar surface area (TPSA) is 74.5 Å². The van der Waals surface area contributed by atoms with E-state index in [9.17, 15) is 4.79 Å². The Bertz CT molecular complexity index is 721. The van der Waals surface area contributed by atoms with Crippen LogP contribution in [0.15, 0.2) is 53.6 Å². The second-order valence-electron chi connectivity index (χ2n) is 4.24. The van der Waals surface area contributed by atoms with Crippen LogP contribution in [0.2, 0.25) is 5.02 Å². The van der Waals surface area contributed by atoms with Crippen molar-refractivity contribution in [3.05, 3.63) is 64.7 Å². The van der Waals surface area contributed by atoms with Crippen LogP contribution in [0.25, 0.3) is 0 Å². The Balaban J connectivity index is 1.80. The third-order valence-corrected chi connectivity index (χ3v) is 3.00. The van der Waals surface area contributed by atoms with Crippen molar-refractivity contribution in [1.29, 1.82) is 5.26 Å². The monoisotopic (exact) mass is 313 g/mol. The summed E-state index contributed by atoms with van der Waals surface area (Å²) in [4.78, 5) is 11.6. The van der Waals surface area contributed by atoms with E-state index in [-0.39, 0.29) is 6.61 Å². The quantitative estimate of drug-likeness (QED) is 0.681. The Morgan fingerprint density at radius 2 is 2.00 bits per heavy atom. The molecule has 0 fully saturated rings. The average Bonchev–Trinajstić information content (AvgIpc) is 2.55. The van der Waals surface area contributed by atoms with E-state index in [0.29, 0.717) is 21.9 Å². The summed E-state index contributed by atoms with van der Waals surface area (Å²) in [6.07, 6.45) is 1.46. The van der Waals surface area contributed by atoms with Crippen LogP contribution >= 0.6 is 11.6 Å². The molecule has 22 heavy (non-hydrogen) atoms. The Labute approximate surface area is 132 Å². The zero-order valence-electron chi connectivity index (χ0n) is 11.5. The van der Waals surface area contributed by atoms with E-state index in [0.717, 1.165) is 0 Å². The van der Waals surface area contributed by atoms with Crippen molar-refractivity contribution in [2.24, 2.45) is 5.10 Å². The largest absolute Gasteiger partial charge is 0.484 e. The fourth-order valence-corrected chi connectivity index (χ4v) is 1.74. The maximum atomic E-state index is 11.6. The standard InChI is InChI=1S/C16H12ClN3O2/c17-15-4-2-1-3-13(15)10-19-20-16(21)11-22-14-7-5-12(9-18)6-8-14/h1-8,10H,11H2,(H,20,21)/b19-10-. The normalized spacial score (nSPS) is 10.2. The van der Waals surface area contributed by atoms with Crippen molar-refractivity contribution in [2.75, 3.05) is 6.61 Å².